The van der Waals surface area contributed by atoms with E-state index in [9.17, 15) is 0 Å². The molecule has 1 heterocycles. The normalized spacial score (nSPS) is 14.6. The van der Waals surface area contributed by atoms with Crippen LogP contribution in [-0.4, -0.2) is 79.7 Å². The molecule has 2 rings (SSSR count). The van der Waals surface area contributed by atoms with Gasteiger partial charge in [-0.1, -0.05) is 39.0 Å². The summed E-state index contributed by atoms with van der Waals surface area (Å²) < 4.78 is 17.1. The van der Waals surface area contributed by atoms with Crippen molar-refractivity contribution in [2.75, 3.05) is 52.7 Å². The first-order chi connectivity index (χ1) is 13.6. The number of ether oxygens (including phenoxy) is 3. The zero-order valence-corrected chi connectivity index (χ0v) is 17.8. The van der Waals surface area contributed by atoms with Crippen molar-refractivity contribution in [3.8, 4) is 5.75 Å². The lowest BCUT2D eigenvalue weighted by atomic mass is 9.85. The van der Waals surface area contributed by atoms with Crippen LogP contribution in [0.1, 0.15) is 31.9 Å². The van der Waals surface area contributed by atoms with Crippen molar-refractivity contribution in [1.82, 2.24) is 4.90 Å². The average Bonchev–Trinajstić information content (AvgIpc) is 2.66. The summed E-state index contributed by atoms with van der Waals surface area (Å²) in [5.41, 5.74) is 2.52. The van der Waals surface area contributed by atoms with Crippen LogP contribution in [-0.2, 0) is 24.5 Å². The standard InChI is InChI=1S/C19H31NO3.C2H2O4/c1-16-6-5-7-17(19(2,3)4)18(16)23-15-14-22-13-10-20-8-11-21-12-9-20;3-1(4)2(5)6/h5-7H,8-15H2,1-4H3;(H,3,4)(H,5,6). The molecular formula is C21H33NO7. The molecule has 0 amide bonds. The maximum Gasteiger partial charge on any atom is 0.414 e. The lowest BCUT2D eigenvalue weighted by Crippen LogP contribution is -2.38. The number of benzene rings is 1. The Labute approximate surface area is 172 Å². The van der Waals surface area contributed by atoms with E-state index in [1.54, 1.807) is 0 Å². The summed E-state index contributed by atoms with van der Waals surface area (Å²) in [6.45, 7) is 15.4. The van der Waals surface area contributed by atoms with E-state index >= 15 is 0 Å². The van der Waals surface area contributed by atoms with Gasteiger partial charge in [-0.15, -0.1) is 0 Å². The van der Waals surface area contributed by atoms with Crippen LogP contribution in [0.3, 0.4) is 0 Å². The minimum atomic E-state index is -1.82. The zero-order valence-electron chi connectivity index (χ0n) is 17.8. The van der Waals surface area contributed by atoms with Gasteiger partial charge in [-0.05, 0) is 23.5 Å². The number of hydrogen-bond acceptors (Lipinski definition) is 6. The minimum absolute atomic E-state index is 0.0819. The Kier molecular flexibility index (Phi) is 10.6. The molecule has 2 N–H and O–H groups in total. The van der Waals surface area contributed by atoms with Crippen LogP contribution >= 0.6 is 0 Å². The molecule has 0 saturated carbocycles. The Morgan fingerprint density at radius 3 is 2.24 bits per heavy atom. The third kappa shape index (κ3) is 9.74. The fourth-order valence-electron chi connectivity index (χ4n) is 2.76. The Bertz CT molecular complexity index is 637. The molecule has 0 radical (unpaired) electrons. The highest BCUT2D eigenvalue weighted by molar-refractivity contribution is 6.27. The first-order valence-corrected chi connectivity index (χ1v) is 9.70. The summed E-state index contributed by atoms with van der Waals surface area (Å²) in [5, 5.41) is 14.8. The Balaban J connectivity index is 0.000000612. The average molecular weight is 411 g/mol. The number of carboxylic acids is 2. The topological polar surface area (TPSA) is 106 Å². The highest BCUT2D eigenvalue weighted by Gasteiger charge is 2.20. The monoisotopic (exact) mass is 411 g/mol. The molecule has 0 spiro atoms. The number of nitrogens with zero attached hydrogens (tertiary/aromatic N) is 1. The predicted octanol–water partition coefficient (Wildman–Crippen LogP) is 2.18. The molecule has 29 heavy (non-hydrogen) atoms. The van der Waals surface area contributed by atoms with Crippen molar-refractivity contribution >= 4 is 11.9 Å². The van der Waals surface area contributed by atoms with Crippen molar-refractivity contribution < 1.29 is 34.0 Å². The smallest absolute Gasteiger partial charge is 0.414 e. The highest BCUT2D eigenvalue weighted by Crippen LogP contribution is 2.33. The van der Waals surface area contributed by atoms with Crippen LogP contribution in [0.4, 0.5) is 0 Å². The van der Waals surface area contributed by atoms with Gasteiger partial charge in [-0.3, -0.25) is 4.90 Å². The van der Waals surface area contributed by atoms with E-state index in [4.69, 9.17) is 34.0 Å². The molecule has 164 valence electrons. The number of rotatable bonds is 7. The number of para-hydroxylation sites is 1. The SMILES string of the molecule is Cc1cccc(C(C)(C)C)c1OCCOCCN1CCOCC1.O=C(O)C(=O)O. The Morgan fingerprint density at radius 2 is 1.69 bits per heavy atom. The quantitative estimate of drug-likeness (QED) is 0.520. The number of hydrogen-bond donors (Lipinski definition) is 2. The third-order valence-corrected chi connectivity index (χ3v) is 4.33. The molecule has 1 saturated heterocycles. The number of carbonyl (C=O) groups is 2. The van der Waals surface area contributed by atoms with Crippen LogP contribution in [0.15, 0.2) is 18.2 Å². The van der Waals surface area contributed by atoms with Gasteiger partial charge in [0.1, 0.15) is 12.4 Å². The van der Waals surface area contributed by atoms with Crippen molar-refractivity contribution in [3.05, 3.63) is 29.3 Å². The molecule has 1 aliphatic heterocycles. The molecule has 0 atom stereocenters. The van der Waals surface area contributed by atoms with Crippen LogP contribution < -0.4 is 4.74 Å². The van der Waals surface area contributed by atoms with E-state index in [-0.39, 0.29) is 5.41 Å². The van der Waals surface area contributed by atoms with Gasteiger partial charge in [0.25, 0.3) is 0 Å². The van der Waals surface area contributed by atoms with E-state index < -0.39 is 11.9 Å². The predicted molar refractivity (Wildman–Crippen MR) is 109 cm³/mol. The molecule has 8 heteroatoms. The number of carboxylic acid groups (broad SMARTS) is 2. The first kappa shape index (κ1) is 24.9. The molecule has 1 aromatic carbocycles. The number of morpholine rings is 1. The van der Waals surface area contributed by atoms with Gasteiger partial charge in [-0.25, -0.2) is 9.59 Å². The van der Waals surface area contributed by atoms with E-state index in [0.29, 0.717) is 13.2 Å². The first-order valence-electron chi connectivity index (χ1n) is 9.70. The summed E-state index contributed by atoms with van der Waals surface area (Å²) >= 11 is 0. The second-order valence-corrected chi connectivity index (χ2v) is 7.73. The molecule has 0 aromatic heterocycles. The van der Waals surface area contributed by atoms with Crippen LogP contribution in [0, 0.1) is 6.92 Å². The van der Waals surface area contributed by atoms with Gasteiger partial charge < -0.3 is 24.4 Å². The van der Waals surface area contributed by atoms with Crippen molar-refractivity contribution in [1.29, 1.82) is 0 Å². The number of aryl methyl sites for hydroxylation is 1. The van der Waals surface area contributed by atoms with E-state index in [0.717, 1.165) is 45.2 Å². The number of aliphatic carboxylic acids is 2. The molecule has 0 bridgehead atoms. The van der Waals surface area contributed by atoms with Crippen molar-refractivity contribution in [2.45, 2.75) is 33.1 Å². The zero-order chi connectivity index (χ0) is 21.9. The molecule has 8 nitrogen and oxygen atoms in total. The molecule has 1 aliphatic rings. The third-order valence-electron chi connectivity index (χ3n) is 4.33. The van der Waals surface area contributed by atoms with Crippen LogP contribution in [0.5, 0.6) is 5.75 Å². The molecule has 0 aliphatic carbocycles. The van der Waals surface area contributed by atoms with Gasteiger partial charge in [0.05, 0.1) is 26.4 Å². The maximum absolute atomic E-state index is 9.10. The summed E-state index contributed by atoms with van der Waals surface area (Å²) in [4.78, 5) is 20.6. The van der Waals surface area contributed by atoms with Crippen molar-refractivity contribution in [2.24, 2.45) is 0 Å². The molecule has 0 unspecified atom stereocenters. The van der Waals surface area contributed by atoms with E-state index in [1.807, 2.05) is 0 Å². The largest absolute Gasteiger partial charge is 0.491 e. The molecule has 1 aromatic rings. The Morgan fingerprint density at radius 1 is 1.07 bits per heavy atom. The summed E-state index contributed by atoms with van der Waals surface area (Å²) in [5.74, 6) is -2.64. The van der Waals surface area contributed by atoms with Crippen LogP contribution in [0.2, 0.25) is 0 Å². The summed E-state index contributed by atoms with van der Waals surface area (Å²) in [6.07, 6.45) is 0. The van der Waals surface area contributed by atoms with Crippen LogP contribution in [0.25, 0.3) is 0 Å². The maximum atomic E-state index is 9.10. The van der Waals surface area contributed by atoms with Gasteiger partial charge in [-0.2, -0.15) is 0 Å². The summed E-state index contributed by atoms with van der Waals surface area (Å²) in [7, 11) is 0. The minimum Gasteiger partial charge on any atom is -0.491 e. The summed E-state index contributed by atoms with van der Waals surface area (Å²) in [6, 6.07) is 6.35. The highest BCUT2D eigenvalue weighted by atomic mass is 16.5. The van der Waals surface area contributed by atoms with Gasteiger partial charge in [0.2, 0.25) is 0 Å². The lowest BCUT2D eigenvalue weighted by molar-refractivity contribution is -0.159. The second kappa shape index (κ2) is 12.4. The Hall–Kier alpha value is -2.16. The van der Waals surface area contributed by atoms with Crippen molar-refractivity contribution in [3.63, 3.8) is 0 Å². The van der Waals surface area contributed by atoms with E-state index in [2.05, 4.69) is 50.8 Å². The van der Waals surface area contributed by atoms with Gasteiger partial charge >= 0.3 is 11.9 Å². The van der Waals surface area contributed by atoms with Gasteiger partial charge in [0.15, 0.2) is 0 Å². The fourth-order valence-corrected chi connectivity index (χ4v) is 2.76. The van der Waals surface area contributed by atoms with Gasteiger partial charge in [0, 0.05) is 19.6 Å². The molecule has 1 fully saturated rings. The molecular weight excluding hydrogens is 378 g/mol. The fraction of sp³-hybridized carbons (Fsp3) is 0.619. The lowest BCUT2D eigenvalue weighted by Gasteiger charge is -2.26. The van der Waals surface area contributed by atoms with E-state index in [1.165, 1.54) is 11.1 Å². The second-order valence-electron chi connectivity index (χ2n) is 7.73.